The van der Waals surface area contributed by atoms with E-state index in [0.29, 0.717) is 17.9 Å². The molecule has 0 aliphatic heterocycles. The number of hydrogen-bond donors (Lipinski definition) is 1. The molecule has 1 aromatic carbocycles. The first kappa shape index (κ1) is 14.9. The van der Waals surface area contributed by atoms with Crippen LogP contribution in [0.15, 0.2) is 18.2 Å². The molecular weight excluding hydrogens is 233 g/mol. The normalized spacial score (nSPS) is 13.4. The van der Waals surface area contributed by atoms with Crippen LogP contribution in [0.1, 0.15) is 38.8 Å². The van der Waals surface area contributed by atoms with E-state index < -0.39 is 0 Å². The SMILES string of the molecule is COC(C)(C)CCOc1ccc(F)cc1[C@H](C)N. The van der Waals surface area contributed by atoms with E-state index in [1.165, 1.54) is 12.1 Å². The van der Waals surface area contributed by atoms with Crippen LogP contribution in [-0.2, 0) is 4.74 Å². The second kappa shape index (κ2) is 6.16. The van der Waals surface area contributed by atoms with E-state index in [1.807, 2.05) is 13.8 Å². The summed E-state index contributed by atoms with van der Waals surface area (Å²) in [5, 5.41) is 0. The van der Waals surface area contributed by atoms with E-state index in [0.717, 1.165) is 6.42 Å². The van der Waals surface area contributed by atoms with Gasteiger partial charge in [-0.2, -0.15) is 0 Å². The van der Waals surface area contributed by atoms with Gasteiger partial charge in [0.15, 0.2) is 0 Å². The summed E-state index contributed by atoms with van der Waals surface area (Å²) < 4.78 is 24.1. The van der Waals surface area contributed by atoms with Crippen LogP contribution < -0.4 is 10.5 Å². The minimum absolute atomic E-state index is 0.228. The highest BCUT2D eigenvalue weighted by atomic mass is 19.1. The zero-order valence-corrected chi connectivity index (χ0v) is 11.5. The van der Waals surface area contributed by atoms with E-state index in [-0.39, 0.29) is 17.5 Å². The molecule has 0 bridgehead atoms. The number of ether oxygens (including phenoxy) is 2. The van der Waals surface area contributed by atoms with Gasteiger partial charge in [-0.3, -0.25) is 0 Å². The zero-order valence-electron chi connectivity index (χ0n) is 11.5. The largest absolute Gasteiger partial charge is 0.493 e. The molecule has 0 radical (unpaired) electrons. The minimum atomic E-state index is -0.299. The maximum atomic E-state index is 13.1. The van der Waals surface area contributed by atoms with Gasteiger partial charge in [0.25, 0.3) is 0 Å². The summed E-state index contributed by atoms with van der Waals surface area (Å²) in [4.78, 5) is 0. The van der Waals surface area contributed by atoms with Crippen LogP contribution in [0.5, 0.6) is 5.75 Å². The molecule has 0 aliphatic carbocycles. The van der Waals surface area contributed by atoms with Gasteiger partial charge in [-0.1, -0.05) is 0 Å². The molecule has 4 heteroatoms. The summed E-state index contributed by atoms with van der Waals surface area (Å²) in [5.74, 6) is 0.338. The molecule has 3 nitrogen and oxygen atoms in total. The highest BCUT2D eigenvalue weighted by Gasteiger charge is 2.17. The van der Waals surface area contributed by atoms with Crippen LogP contribution in [-0.4, -0.2) is 19.3 Å². The molecule has 0 aromatic heterocycles. The lowest BCUT2D eigenvalue weighted by atomic mass is 10.1. The summed E-state index contributed by atoms with van der Waals surface area (Å²) in [6, 6.07) is 4.16. The average molecular weight is 255 g/mol. The molecule has 1 rings (SSSR count). The first-order chi connectivity index (χ1) is 8.35. The van der Waals surface area contributed by atoms with E-state index in [9.17, 15) is 4.39 Å². The van der Waals surface area contributed by atoms with E-state index in [2.05, 4.69) is 0 Å². The Morgan fingerprint density at radius 2 is 2.06 bits per heavy atom. The van der Waals surface area contributed by atoms with Crippen molar-refractivity contribution >= 4 is 0 Å². The van der Waals surface area contributed by atoms with Crippen molar-refractivity contribution in [2.24, 2.45) is 5.73 Å². The monoisotopic (exact) mass is 255 g/mol. The number of benzene rings is 1. The van der Waals surface area contributed by atoms with Gasteiger partial charge in [-0.25, -0.2) is 4.39 Å². The number of halogens is 1. The Morgan fingerprint density at radius 3 is 2.61 bits per heavy atom. The van der Waals surface area contributed by atoms with Crippen LogP contribution in [0.3, 0.4) is 0 Å². The molecule has 0 aliphatic rings. The van der Waals surface area contributed by atoms with E-state index >= 15 is 0 Å². The quantitative estimate of drug-likeness (QED) is 0.849. The highest BCUT2D eigenvalue weighted by molar-refractivity contribution is 5.36. The van der Waals surface area contributed by atoms with Gasteiger partial charge in [0.1, 0.15) is 11.6 Å². The predicted molar refractivity (Wildman–Crippen MR) is 70.2 cm³/mol. The Hall–Kier alpha value is -1.13. The number of nitrogens with two attached hydrogens (primary N) is 1. The van der Waals surface area contributed by atoms with Gasteiger partial charge in [0, 0.05) is 25.1 Å². The third-order valence-electron chi connectivity index (χ3n) is 2.98. The maximum absolute atomic E-state index is 13.1. The Labute approximate surface area is 108 Å². The van der Waals surface area contributed by atoms with Crippen molar-refractivity contribution in [1.29, 1.82) is 0 Å². The van der Waals surface area contributed by atoms with Crippen LogP contribution >= 0.6 is 0 Å². The van der Waals surface area contributed by atoms with Gasteiger partial charge in [-0.05, 0) is 39.0 Å². The molecule has 0 amide bonds. The summed E-state index contributed by atoms with van der Waals surface area (Å²) >= 11 is 0. The summed E-state index contributed by atoms with van der Waals surface area (Å²) in [7, 11) is 1.67. The van der Waals surface area contributed by atoms with Crippen molar-refractivity contribution in [2.75, 3.05) is 13.7 Å². The van der Waals surface area contributed by atoms with Gasteiger partial charge >= 0.3 is 0 Å². The second-order valence-electron chi connectivity index (χ2n) is 5.03. The van der Waals surface area contributed by atoms with Crippen LogP contribution in [0.4, 0.5) is 4.39 Å². The predicted octanol–water partition coefficient (Wildman–Crippen LogP) is 3.04. The summed E-state index contributed by atoms with van der Waals surface area (Å²) in [6.45, 7) is 6.30. The second-order valence-corrected chi connectivity index (χ2v) is 5.03. The Balaban J connectivity index is 2.67. The fourth-order valence-corrected chi connectivity index (χ4v) is 1.52. The van der Waals surface area contributed by atoms with Crippen molar-refractivity contribution in [2.45, 2.75) is 38.8 Å². The van der Waals surface area contributed by atoms with Crippen molar-refractivity contribution in [3.8, 4) is 5.75 Å². The third kappa shape index (κ3) is 4.27. The van der Waals surface area contributed by atoms with Gasteiger partial charge in [0.05, 0.1) is 12.2 Å². The standard InChI is InChI=1S/C14H22FNO2/c1-10(16)12-9-11(15)5-6-13(12)18-8-7-14(2,3)17-4/h5-6,9-10H,7-8,16H2,1-4H3/t10-/m0/s1. The summed E-state index contributed by atoms with van der Waals surface area (Å²) in [6.07, 6.45) is 0.749. The van der Waals surface area contributed by atoms with Gasteiger partial charge in [0.2, 0.25) is 0 Å². The first-order valence-electron chi connectivity index (χ1n) is 6.09. The fraction of sp³-hybridized carbons (Fsp3) is 0.571. The van der Waals surface area contributed by atoms with Crippen molar-refractivity contribution in [3.63, 3.8) is 0 Å². The van der Waals surface area contributed by atoms with Crippen LogP contribution in [0, 0.1) is 5.82 Å². The Morgan fingerprint density at radius 1 is 1.39 bits per heavy atom. The topological polar surface area (TPSA) is 44.5 Å². The van der Waals surface area contributed by atoms with Crippen LogP contribution in [0.25, 0.3) is 0 Å². The molecule has 0 spiro atoms. The number of methoxy groups -OCH3 is 1. The summed E-state index contributed by atoms with van der Waals surface area (Å²) in [5.41, 5.74) is 6.25. The smallest absolute Gasteiger partial charge is 0.124 e. The molecule has 0 saturated heterocycles. The lowest BCUT2D eigenvalue weighted by molar-refractivity contribution is 0.00535. The van der Waals surface area contributed by atoms with Gasteiger partial charge in [-0.15, -0.1) is 0 Å². The lowest BCUT2D eigenvalue weighted by Gasteiger charge is -2.23. The molecule has 1 atom stereocenters. The van der Waals surface area contributed by atoms with E-state index in [1.54, 1.807) is 20.1 Å². The molecule has 0 heterocycles. The molecule has 0 unspecified atom stereocenters. The molecule has 2 N–H and O–H groups in total. The maximum Gasteiger partial charge on any atom is 0.124 e. The van der Waals surface area contributed by atoms with Crippen LogP contribution in [0.2, 0.25) is 0 Å². The molecular formula is C14H22FNO2. The average Bonchev–Trinajstić information content (AvgIpc) is 2.30. The lowest BCUT2D eigenvalue weighted by Crippen LogP contribution is -2.25. The fourth-order valence-electron chi connectivity index (χ4n) is 1.52. The Kier molecular flexibility index (Phi) is 5.11. The first-order valence-corrected chi connectivity index (χ1v) is 6.09. The molecule has 0 fully saturated rings. The Bertz CT molecular complexity index is 391. The molecule has 1 aromatic rings. The van der Waals surface area contributed by atoms with Crippen molar-refractivity contribution in [3.05, 3.63) is 29.6 Å². The minimum Gasteiger partial charge on any atom is -0.493 e. The molecule has 0 saturated carbocycles. The highest BCUT2D eigenvalue weighted by Crippen LogP contribution is 2.25. The van der Waals surface area contributed by atoms with E-state index in [4.69, 9.17) is 15.2 Å². The molecule has 18 heavy (non-hydrogen) atoms. The number of hydrogen-bond acceptors (Lipinski definition) is 3. The molecule has 102 valence electrons. The number of rotatable bonds is 6. The third-order valence-corrected chi connectivity index (χ3v) is 2.98. The van der Waals surface area contributed by atoms with Crippen molar-refractivity contribution < 1.29 is 13.9 Å². The zero-order chi connectivity index (χ0) is 13.8. The van der Waals surface area contributed by atoms with Gasteiger partial charge < -0.3 is 15.2 Å². The van der Waals surface area contributed by atoms with Crippen molar-refractivity contribution in [1.82, 2.24) is 0 Å².